The number of ketones is 1. The zero-order chi connectivity index (χ0) is 20.3. The maximum Gasteiger partial charge on any atom is 0.227 e. The predicted octanol–water partition coefficient (Wildman–Crippen LogP) is 5.79. The molecule has 148 valence electrons. The number of benzene rings is 2. The minimum absolute atomic E-state index is 0.131. The van der Waals surface area contributed by atoms with Crippen molar-refractivity contribution in [2.24, 2.45) is 5.92 Å². The van der Waals surface area contributed by atoms with Crippen LogP contribution in [0.3, 0.4) is 0 Å². The second-order valence-electron chi connectivity index (χ2n) is 8.10. The van der Waals surface area contributed by atoms with E-state index >= 15 is 0 Å². The van der Waals surface area contributed by atoms with Gasteiger partial charge in [-0.3, -0.25) is 9.59 Å². The Morgan fingerprint density at radius 2 is 1.93 bits per heavy atom. The number of amides is 1. The summed E-state index contributed by atoms with van der Waals surface area (Å²) in [7, 11) is 0. The molecular formula is C24H28ClNO2. The first-order valence-electron chi connectivity index (χ1n) is 10.1. The maximum absolute atomic E-state index is 12.6. The van der Waals surface area contributed by atoms with Gasteiger partial charge in [0.1, 0.15) is 0 Å². The minimum Gasteiger partial charge on any atom is -0.312 e. The normalized spacial score (nSPS) is 13.5. The van der Waals surface area contributed by atoms with Crippen molar-refractivity contribution in [2.45, 2.75) is 52.9 Å². The van der Waals surface area contributed by atoms with Crippen molar-refractivity contribution in [3.8, 4) is 0 Å². The molecule has 0 saturated carbocycles. The third kappa shape index (κ3) is 4.82. The summed E-state index contributed by atoms with van der Waals surface area (Å²) < 4.78 is 0. The molecule has 0 bridgehead atoms. The maximum atomic E-state index is 12.6. The topological polar surface area (TPSA) is 37.4 Å². The van der Waals surface area contributed by atoms with Crippen molar-refractivity contribution < 1.29 is 9.59 Å². The van der Waals surface area contributed by atoms with Crippen molar-refractivity contribution in [2.75, 3.05) is 11.4 Å². The number of halogens is 1. The molecule has 2 aromatic rings. The molecule has 0 aliphatic carbocycles. The highest BCUT2D eigenvalue weighted by atomic mass is 35.5. The third-order valence-electron chi connectivity index (χ3n) is 5.27. The van der Waals surface area contributed by atoms with E-state index in [0.29, 0.717) is 35.8 Å². The van der Waals surface area contributed by atoms with E-state index < -0.39 is 0 Å². The van der Waals surface area contributed by atoms with Gasteiger partial charge in [0.2, 0.25) is 5.91 Å². The summed E-state index contributed by atoms with van der Waals surface area (Å²) in [6.45, 7) is 6.86. The van der Waals surface area contributed by atoms with Gasteiger partial charge in [0.05, 0.1) is 0 Å². The average molecular weight is 398 g/mol. The highest BCUT2D eigenvalue weighted by molar-refractivity contribution is 6.31. The molecule has 0 spiro atoms. The van der Waals surface area contributed by atoms with Gasteiger partial charge in [-0.15, -0.1) is 0 Å². The average Bonchev–Trinajstić information content (AvgIpc) is 2.67. The number of hydrogen-bond donors (Lipinski definition) is 0. The summed E-state index contributed by atoms with van der Waals surface area (Å²) in [6.07, 6.45) is 3.72. The van der Waals surface area contributed by atoms with E-state index in [2.05, 4.69) is 32.0 Å². The van der Waals surface area contributed by atoms with Crippen LogP contribution in [-0.2, 0) is 17.6 Å². The highest BCUT2D eigenvalue weighted by Crippen LogP contribution is 2.29. The van der Waals surface area contributed by atoms with Gasteiger partial charge in [-0.25, -0.2) is 0 Å². The summed E-state index contributed by atoms with van der Waals surface area (Å²) in [5.74, 6) is 0.697. The number of carbonyl (C=O) groups excluding carboxylic acids is 2. The first-order valence-corrected chi connectivity index (χ1v) is 10.4. The first kappa shape index (κ1) is 20.6. The van der Waals surface area contributed by atoms with Gasteiger partial charge >= 0.3 is 0 Å². The van der Waals surface area contributed by atoms with Crippen LogP contribution in [0.4, 0.5) is 5.69 Å². The Bertz CT molecular complexity index is 888. The molecule has 0 atom stereocenters. The number of rotatable bonds is 6. The van der Waals surface area contributed by atoms with Crippen molar-refractivity contribution in [1.29, 1.82) is 0 Å². The molecule has 1 amide bonds. The lowest BCUT2D eigenvalue weighted by molar-refractivity contribution is -0.119. The van der Waals surface area contributed by atoms with Gasteiger partial charge in [0.15, 0.2) is 5.78 Å². The molecule has 3 nitrogen and oxygen atoms in total. The van der Waals surface area contributed by atoms with Gasteiger partial charge in [-0.2, -0.15) is 0 Å². The lowest BCUT2D eigenvalue weighted by Gasteiger charge is -2.30. The standard InChI is InChI=1S/C24H28ClNO2/c1-16(2)13-24(28)26-12-4-5-19-15-18(6-10-22(19)26)7-11-23(27)20-8-9-21(25)17(3)14-20/h6,8-10,14-16H,4-5,7,11-13H2,1-3H3. The molecule has 0 fully saturated rings. The SMILES string of the molecule is Cc1cc(C(=O)CCc2ccc3c(c2)CCCN3C(=O)CC(C)C)ccc1Cl. The Balaban J connectivity index is 1.69. The Kier molecular flexibility index (Phi) is 6.56. The van der Waals surface area contributed by atoms with E-state index in [1.165, 1.54) is 5.56 Å². The van der Waals surface area contributed by atoms with Gasteiger partial charge in [-0.1, -0.05) is 37.6 Å². The lowest BCUT2D eigenvalue weighted by Crippen LogP contribution is -2.36. The summed E-state index contributed by atoms with van der Waals surface area (Å²) in [5.41, 5.74) is 5.05. The molecule has 28 heavy (non-hydrogen) atoms. The molecule has 0 radical (unpaired) electrons. The van der Waals surface area contributed by atoms with Crippen molar-refractivity contribution in [1.82, 2.24) is 0 Å². The Hall–Kier alpha value is -2.13. The number of nitrogens with zero attached hydrogens (tertiary/aromatic N) is 1. The molecule has 0 aromatic heterocycles. The molecule has 1 heterocycles. The monoisotopic (exact) mass is 397 g/mol. The Morgan fingerprint density at radius 3 is 2.64 bits per heavy atom. The Morgan fingerprint density at radius 1 is 1.14 bits per heavy atom. The van der Waals surface area contributed by atoms with E-state index in [1.54, 1.807) is 12.1 Å². The zero-order valence-electron chi connectivity index (χ0n) is 16.9. The fraction of sp³-hybridized carbons (Fsp3) is 0.417. The molecule has 2 aromatic carbocycles. The van der Waals surface area contributed by atoms with Crippen LogP contribution in [0.25, 0.3) is 0 Å². The number of Topliss-reactive ketones (excluding diaryl/α,β-unsaturated/α-hetero) is 1. The molecule has 1 aliphatic rings. The van der Waals surface area contributed by atoms with Crippen LogP contribution in [-0.4, -0.2) is 18.2 Å². The van der Waals surface area contributed by atoms with Crippen LogP contribution >= 0.6 is 11.6 Å². The fourth-order valence-electron chi connectivity index (χ4n) is 3.74. The van der Waals surface area contributed by atoms with Gasteiger partial charge in [-0.05, 0) is 73.1 Å². The summed E-state index contributed by atoms with van der Waals surface area (Å²) in [4.78, 5) is 27.0. The van der Waals surface area contributed by atoms with Crippen LogP contribution in [0.15, 0.2) is 36.4 Å². The zero-order valence-corrected chi connectivity index (χ0v) is 17.7. The largest absolute Gasteiger partial charge is 0.312 e. The second-order valence-corrected chi connectivity index (χ2v) is 8.50. The molecule has 0 unspecified atom stereocenters. The van der Waals surface area contributed by atoms with E-state index in [9.17, 15) is 9.59 Å². The van der Waals surface area contributed by atoms with Crippen LogP contribution in [0, 0.1) is 12.8 Å². The molecule has 0 saturated heterocycles. The smallest absolute Gasteiger partial charge is 0.227 e. The fourth-order valence-corrected chi connectivity index (χ4v) is 3.86. The molecule has 3 rings (SSSR count). The highest BCUT2D eigenvalue weighted by Gasteiger charge is 2.23. The summed E-state index contributed by atoms with van der Waals surface area (Å²) >= 11 is 6.05. The van der Waals surface area contributed by atoms with Crippen LogP contribution in [0.1, 0.15) is 60.2 Å². The number of carbonyl (C=O) groups is 2. The molecular weight excluding hydrogens is 370 g/mol. The molecule has 1 aliphatic heterocycles. The van der Waals surface area contributed by atoms with Gasteiger partial charge in [0.25, 0.3) is 0 Å². The van der Waals surface area contributed by atoms with E-state index in [4.69, 9.17) is 11.6 Å². The predicted molar refractivity (Wildman–Crippen MR) is 115 cm³/mol. The summed E-state index contributed by atoms with van der Waals surface area (Å²) in [6, 6.07) is 11.7. The molecule has 0 N–H and O–H groups in total. The van der Waals surface area contributed by atoms with Crippen LogP contribution in [0.2, 0.25) is 5.02 Å². The van der Waals surface area contributed by atoms with Crippen LogP contribution < -0.4 is 4.90 Å². The Labute approximate surface area is 172 Å². The summed E-state index contributed by atoms with van der Waals surface area (Å²) in [5, 5.41) is 0.683. The van der Waals surface area contributed by atoms with Crippen molar-refractivity contribution in [3.63, 3.8) is 0 Å². The lowest BCUT2D eigenvalue weighted by atomic mass is 9.95. The van der Waals surface area contributed by atoms with Gasteiger partial charge < -0.3 is 4.90 Å². The van der Waals surface area contributed by atoms with Crippen LogP contribution in [0.5, 0.6) is 0 Å². The van der Waals surface area contributed by atoms with E-state index in [0.717, 1.165) is 36.2 Å². The number of aryl methyl sites for hydroxylation is 3. The first-order chi connectivity index (χ1) is 13.3. The quantitative estimate of drug-likeness (QED) is 0.578. The number of anilines is 1. The number of fused-ring (bicyclic) bond motifs is 1. The minimum atomic E-state index is 0.131. The van der Waals surface area contributed by atoms with Crippen molar-refractivity contribution in [3.05, 3.63) is 63.7 Å². The van der Waals surface area contributed by atoms with E-state index in [-0.39, 0.29) is 11.7 Å². The second kappa shape index (κ2) is 8.91. The number of hydrogen-bond acceptors (Lipinski definition) is 2. The van der Waals surface area contributed by atoms with E-state index in [1.807, 2.05) is 17.9 Å². The van der Waals surface area contributed by atoms with Gasteiger partial charge in [0, 0.05) is 35.7 Å². The third-order valence-corrected chi connectivity index (χ3v) is 5.69. The molecule has 4 heteroatoms. The van der Waals surface area contributed by atoms with Crippen molar-refractivity contribution >= 4 is 29.0 Å².